The van der Waals surface area contributed by atoms with E-state index in [9.17, 15) is 14.4 Å². The molecule has 1 saturated heterocycles. The summed E-state index contributed by atoms with van der Waals surface area (Å²) in [6, 6.07) is -0.831. The Bertz CT molecular complexity index is 403. The second-order valence-corrected chi connectivity index (χ2v) is 6.48. The highest BCUT2D eigenvalue weighted by Gasteiger charge is 2.38. The van der Waals surface area contributed by atoms with Crippen molar-refractivity contribution in [1.29, 1.82) is 0 Å². The third-order valence-corrected chi connectivity index (χ3v) is 3.07. The Morgan fingerprint density at radius 3 is 2.40 bits per heavy atom. The molecule has 3 amide bonds. The summed E-state index contributed by atoms with van der Waals surface area (Å²) in [5.74, 6) is -1.09. The lowest BCUT2D eigenvalue weighted by Gasteiger charge is -2.27. The number of rotatable bonds is 4. The summed E-state index contributed by atoms with van der Waals surface area (Å²) in [4.78, 5) is 36.5. The number of hydrogen-bond donors (Lipinski definition) is 3. The molecule has 0 bridgehead atoms. The molecule has 2 atom stereocenters. The molecule has 1 heterocycles. The van der Waals surface area contributed by atoms with Gasteiger partial charge in [0.1, 0.15) is 6.04 Å². The molecule has 0 aromatic heterocycles. The first kappa shape index (κ1) is 16.4. The zero-order valence-corrected chi connectivity index (χ0v) is 12.3. The van der Waals surface area contributed by atoms with Gasteiger partial charge in [-0.25, -0.2) is 0 Å². The van der Waals surface area contributed by atoms with Crippen molar-refractivity contribution < 1.29 is 14.4 Å². The van der Waals surface area contributed by atoms with Gasteiger partial charge in [-0.2, -0.15) is 0 Å². The number of nitrogens with two attached hydrogens (primary N) is 2. The molecule has 0 aromatic carbocycles. The molecule has 1 aliphatic rings. The average Bonchev–Trinajstić information content (AvgIpc) is 2.66. The summed E-state index contributed by atoms with van der Waals surface area (Å²) >= 11 is 0. The topological polar surface area (TPSA) is 119 Å². The van der Waals surface area contributed by atoms with E-state index in [0.717, 1.165) is 0 Å². The Labute approximate surface area is 119 Å². The Kier molecular flexibility index (Phi) is 5.10. The molecule has 7 heteroatoms. The number of primary amides is 1. The summed E-state index contributed by atoms with van der Waals surface area (Å²) < 4.78 is 0. The Morgan fingerprint density at radius 2 is 1.90 bits per heavy atom. The lowest BCUT2D eigenvalue weighted by Crippen LogP contribution is -2.48. The van der Waals surface area contributed by atoms with Gasteiger partial charge in [-0.15, -0.1) is 0 Å². The molecule has 20 heavy (non-hydrogen) atoms. The van der Waals surface area contributed by atoms with Crippen LogP contribution in [0, 0.1) is 5.41 Å². The van der Waals surface area contributed by atoms with Crippen LogP contribution < -0.4 is 16.8 Å². The van der Waals surface area contributed by atoms with Crippen LogP contribution in [0.1, 0.15) is 33.6 Å². The first-order valence-electron chi connectivity index (χ1n) is 6.71. The molecule has 0 aromatic rings. The van der Waals surface area contributed by atoms with Gasteiger partial charge < -0.3 is 21.7 Å². The van der Waals surface area contributed by atoms with Crippen LogP contribution in [-0.4, -0.2) is 47.8 Å². The van der Waals surface area contributed by atoms with Gasteiger partial charge in [-0.05, 0) is 11.8 Å². The van der Waals surface area contributed by atoms with Gasteiger partial charge >= 0.3 is 0 Å². The number of nitrogens with zero attached hydrogens (tertiary/aromatic N) is 1. The molecule has 0 spiro atoms. The molecular formula is C13H24N4O3. The summed E-state index contributed by atoms with van der Waals surface area (Å²) in [7, 11) is 0. The van der Waals surface area contributed by atoms with Crippen molar-refractivity contribution >= 4 is 17.7 Å². The lowest BCUT2D eigenvalue weighted by molar-refractivity contribution is -0.140. The molecule has 0 aliphatic carbocycles. The van der Waals surface area contributed by atoms with Gasteiger partial charge in [-0.1, -0.05) is 20.8 Å². The van der Waals surface area contributed by atoms with E-state index in [4.69, 9.17) is 11.5 Å². The Balaban J connectivity index is 2.70. The molecule has 7 nitrogen and oxygen atoms in total. The lowest BCUT2D eigenvalue weighted by atomic mass is 9.91. The van der Waals surface area contributed by atoms with Gasteiger partial charge in [-0.3, -0.25) is 14.4 Å². The van der Waals surface area contributed by atoms with Gasteiger partial charge in [0.2, 0.25) is 17.7 Å². The molecule has 0 saturated carbocycles. The fourth-order valence-electron chi connectivity index (χ4n) is 2.24. The van der Waals surface area contributed by atoms with Crippen molar-refractivity contribution in [3.05, 3.63) is 0 Å². The third kappa shape index (κ3) is 4.80. The number of carbonyl (C=O) groups is 3. The summed E-state index contributed by atoms with van der Waals surface area (Å²) in [6.07, 6.45) is 0.750. The highest BCUT2D eigenvalue weighted by Crippen LogP contribution is 2.24. The van der Waals surface area contributed by atoms with Crippen molar-refractivity contribution in [2.45, 2.75) is 45.7 Å². The highest BCUT2D eigenvalue weighted by atomic mass is 16.2. The van der Waals surface area contributed by atoms with Crippen LogP contribution in [0.4, 0.5) is 0 Å². The zero-order chi connectivity index (χ0) is 15.5. The SMILES string of the molecule is CC(C)(C)CC(=O)N1CC(N)CC1C(=O)NCC(N)=O. The molecule has 1 rings (SSSR count). The minimum atomic E-state index is -0.617. The number of amides is 3. The number of nitrogens with one attached hydrogen (secondary N) is 1. The minimum absolute atomic E-state index is 0.0929. The molecule has 2 unspecified atom stereocenters. The van der Waals surface area contributed by atoms with E-state index in [1.807, 2.05) is 20.8 Å². The van der Waals surface area contributed by atoms with E-state index in [0.29, 0.717) is 19.4 Å². The number of carbonyl (C=O) groups excluding carboxylic acids is 3. The molecular weight excluding hydrogens is 260 g/mol. The van der Waals surface area contributed by atoms with Crippen LogP contribution >= 0.6 is 0 Å². The standard InChI is InChI=1S/C13H24N4O3/c1-13(2,3)5-11(19)17-7-8(14)4-9(17)12(20)16-6-10(15)18/h8-9H,4-7,14H2,1-3H3,(H2,15,18)(H,16,20). The monoisotopic (exact) mass is 284 g/mol. The average molecular weight is 284 g/mol. The fourth-order valence-corrected chi connectivity index (χ4v) is 2.24. The minimum Gasteiger partial charge on any atom is -0.368 e. The largest absolute Gasteiger partial charge is 0.368 e. The van der Waals surface area contributed by atoms with E-state index in [1.54, 1.807) is 0 Å². The Morgan fingerprint density at radius 1 is 1.30 bits per heavy atom. The molecule has 1 fully saturated rings. The van der Waals surface area contributed by atoms with E-state index in [2.05, 4.69) is 5.32 Å². The van der Waals surface area contributed by atoms with Crippen molar-refractivity contribution in [1.82, 2.24) is 10.2 Å². The first-order valence-corrected chi connectivity index (χ1v) is 6.71. The Hall–Kier alpha value is -1.63. The van der Waals surface area contributed by atoms with Gasteiger partial charge in [0.05, 0.1) is 6.54 Å². The number of hydrogen-bond acceptors (Lipinski definition) is 4. The van der Waals surface area contributed by atoms with Crippen LogP contribution in [0.25, 0.3) is 0 Å². The van der Waals surface area contributed by atoms with Crippen LogP contribution in [-0.2, 0) is 14.4 Å². The second-order valence-electron chi connectivity index (χ2n) is 6.48. The van der Waals surface area contributed by atoms with E-state index >= 15 is 0 Å². The summed E-state index contributed by atoms with van der Waals surface area (Å²) in [5, 5.41) is 2.43. The number of likely N-dealkylation sites (tertiary alicyclic amines) is 1. The van der Waals surface area contributed by atoms with Crippen LogP contribution in [0.5, 0.6) is 0 Å². The van der Waals surface area contributed by atoms with Gasteiger partial charge in [0.25, 0.3) is 0 Å². The van der Waals surface area contributed by atoms with E-state index < -0.39 is 11.9 Å². The normalized spacial score (nSPS) is 22.7. The molecule has 0 radical (unpaired) electrons. The fraction of sp³-hybridized carbons (Fsp3) is 0.769. The van der Waals surface area contributed by atoms with Crippen molar-refractivity contribution in [2.75, 3.05) is 13.1 Å². The summed E-state index contributed by atoms with van der Waals surface area (Å²) in [5.41, 5.74) is 10.7. The van der Waals surface area contributed by atoms with E-state index in [-0.39, 0.29) is 29.8 Å². The quantitative estimate of drug-likeness (QED) is 0.610. The van der Waals surface area contributed by atoms with Gasteiger partial charge in [0, 0.05) is 19.0 Å². The molecule has 5 N–H and O–H groups in total. The third-order valence-electron chi connectivity index (χ3n) is 3.07. The van der Waals surface area contributed by atoms with E-state index in [1.165, 1.54) is 4.90 Å². The van der Waals surface area contributed by atoms with Crippen LogP contribution in [0.15, 0.2) is 0 Å². The second kappa shape index (κ2) is 6.21. The van der Waals surface area contributed by atoms with Crippen molar-refractivity contribution in [3.8, 4) is 0 Å². The maximum Gasteiger partial charge on any atom is 0.243 e. The van der Waals surface area contributed by atoms with Crippen LogP contribution in [0.3, 0.4) is 0 Å². The summed E-state index contributed by atoms with van der Waals surface area (Å²) in [6.45, 7) is 6.02. The maximum atomic E-state index is 12.3. The predicted molar refractivity (Wildman–Crippen MR) is 74.4 cm³/mol. The first-order chi connectivity index (χ1) is 9.10. The van der Waals surface area contributed by atoms with Crippen molar-refractivity contribution in [3.63, 3.8) is 0 Å². The van der Waals surface area contributed by atoms with Gasteiger partial charge in [0.15, 0.2) is 0 Å². The van der Waals surface area contributed by atoms with Crippen LogP contribution in [0.2, 0.25) is 0 Å². The predicted octanol–water partition coefficient (Wildman–Crippen LogP) is -1.05. The molecule has 1 aliphatic heterocycles. The maximum absolute atomic E-state index is 12.3. The van der Waals surface area contributed by atoms with Crippen molar-refractivity contribution in [2.24, 2.45) is 16.9 Å². The zero-order valence-electron chi connectivity index (χ0n) is 12.3. The highest BCUT2D eigenvalue weighted by molar-refractivity contribution is 5.90. The molecule has 114 valence electrons. The smallest absolute Gasteiger partial charge is 0.243 e.